The largest absolute Gasteiger partial charge is 0.508 e. The second kappa shape index (κ2) is 3.99. The maximum Gasteiger partial charge on any atom is 0.115 e. The van der Waals surface area contributed by atoms with Crippen molar-refractivity contribution in [2.45, 2.75) is 50.0 Å². The van der Waals surface area contributed by atoms with E-state index in [-0.39, 0.29) is 0 Å². The van der Waals surface area contributed by atoms with E-state index in [2.05, 4.69) is 18.0 Å². The number of hydrogen-bond donors (Lipinski definition) is 1. The Labute approximate surface area is 115 Å². The van der Waals surface area contributed by atoms with Crippen LogP contribution in [-0.4, -0.2) is 29.6 Å². The van der Waals surface area contributed by atoms with Crippen LogP contribution in [0.2, 0.25) is 0 Å². The van der Waals surface area contributed by atoms with Crippen molar-refractivity contribution in [2.24, 2.45) is 5.92 Å². The van der Waals surface area contributed by atoms with Crippen LogP contribution in [0, 0.1) is 5.92 Å². The zero-order chi connectivity index (χ0) is 13.0. The molecule has 2 nitrogen and oxygen atoms in total. The van der Waals surface area contributed by atoms with Gasteiger partial charge in [-0.25, -0.2) is 0 Å². The summed E-state index contributed by atoms with van der Waals surface area (Å²) in [5.41, 5.74) is 3.41. The lowest BCUT2D eigenvalue weighted by Gasteiger charge is -2.58. The van der Waals surface area contributed by atoms with Crippen molar-refractivity contribution in [3.63, 3.8) is 0 Å². The van der Waals surface area contributed by atoms with Crippen LogP contribution in [0.15, 0.2) is 18.2 Å². The maximum absolute atomic E-state index is 9.80. The highest BCUT2D eigenvalue weighted by Gasteiger charge is 2.52. The third kappa shape index (κ3) is 1.53. The van der Waals surface area contributed by atoms with Gasteiger partial charge in [-0.2, -0.15) is 0 Å². The zero-order valence-corrected chi connectivity index (χ0v) is 11.7. The van der Waals surface area contributed by atoms with Gasteiger partial charge in [-0.15, -0.1) is 0 Å². The standard InChI is InChI=1S/C17H23NO/c1-18-9-8-17-7-3-2-4-15(17)16(18)11-12-10-13(19)5-6-14(12)17/h5-6,10,15-16,19H,2-4,7-9,11H2,1H3/t15-,16+,17+/m0/s1. The number of hydrogen-bond acceptors (Lipinski definition) is 2. The molecule has 0 spiro atoms. The summed E-state index contributed by atoms with van der Waals surface area (Å²) in [6.07, 6.45) is 7.99. The maximum atomic E-state index is 9.80. The van der Waals surface area contributed by atoms with Crippen LogP contribution in [0.25, 0.3) is 0 Å². The summed E-state index contributed by atoms with van der Waals surface area (Å²) in [7, 11) is 2.29. The fourth-order valence-corrected chi connectivity index (χ4v) is 5.21. The molecule has 4 rings (SSSR count). The smallest absolute Gasteiger partial charge is 0.115 e. The van der Waals surface area contributed by atoms with Crippen LogP contribution in [0.1, 0.15) is 43.2 Å². The lowest BCUT2D eigenvalue weighted by molar-refractivity contribution is 0.00280. The van der Waals surface area contributed by atoms with E-state index in [1.165, 1.54) is 44.2 Å². The molecule has 0 aromatic heterocycles. The Kier molecular flexibility index (Phi) is 2.47. The van der Waals surface area contributed by atoms with Gasteiger partial charge in [0, 0.05) is 11.5 Å². The highest BCUT2D eigenvalue weighted by molar-refractivity contribution is 5.44. The van der Waals surface area contributed by atoms with Crippen LogP contribution >= 0.6 is 0 Å². The van der Waals surface area contributed by atoms with Gasteiger partial charge in [0.2, 0.25) is 0 Å². The van der Waals surface area contributed by atoms with E-state index in [9.17, 15) is 5.11 Å². The molecule has 1 aliphatic heterocycles. The van der Waals surface area contributed by atoms with Gasteiger partial charge in [-0.3, -0.25) is 0 Å². The van der Waals surface area contributed by atoms with Crippen molar-refractivity contribution in [3.8, 4) is 5.75 Å². The highest BCUT2D eigenvalue weighted by atomic mass is 16.3. The molecule has 0 radical (unpaired) electrons. The molecule has 2 bridgehead atoms. The molecule has 2 heteroatoms. The normalized spacial score (nSPS) is 37.5. The summed E-state index contributed by atoms with van der Waals surface area (Å²) in [6.45, 7) is 1.24. The van der Waals surface area contributed by atoms with E-state index in [4.69, 9.17) is 0 Å². The third-order valence-electron chi connectivity index (χ3n) is 6.09. The SMILES string of the molecule is CN1CC[C@@]23CCCC[C@H]2[C@H]1Cc1cc(O)ccc13. The summed E-state index contributed by atoms with van der Waals surface area (Å²) < 4.78 is 0. The Bertz CT molecular complexity index is 512. The van der Waals surface area contributed by atoms with E-state index >= 15 is 0 Å². The van der Waals surface area contributed by atoms with E-state index in [0.717, 1.165) is 12.3 Å². The number of rotatable bonds is 0. The molecular weight excluding hydrogens is 234 g/mol. The summed E-state index contributed by atoms with van der Waals surface area (Å²) in [4.78, 5) is 2.57. The molecule has 3 atom stereocenters. The van der Waals surface area contributed by atoms with Crippen LogP contribution < -0.4 is 0 Å². The topological polar surface area (TPSA) is 23.5 Å². The van der Waals surface area contributed by atoms with Gasteiger partial charge in [0.15, 0.2) is 0 Å². The van der Waals surface area contributed by atoms with Gasteiger partial charge >= 0.3 is 0 Å². The summed E-state index contributed by atoms with van der Waals surface area (Å²) in [6, 6.07) is 6.85. The van der Waals surface area contributed by atoms with Crippen molar-refractivity contribution in [1.82, 2.24) is 4.90 Å². The molecule has 3 aliphatic rings. The molecule has 1 saturated heterocycles. The minimum atomic E-state index is 0.427. The van der Waals surface area contributed by atoms with Crippen molar-refractivity contribution < 1.29 is 5.11 Å². The first-order valence-corrected chi connectivity index (χ1v) is 7.73. The molecule has 2 fully saturated rings. The van der Waals surface area contributed by atoms with E-state index in [0.29, 0.717) is 17.2 Å². The van der Waals surface area contributed by atoms with Gasteiger partial charge < -0.3 is 10.0 Å². The molecule has 1 aromatic rings. The molecular formula is C17H23NO. The first kappa shape index (κ1) is 11.8. The van der Waals surface area contributed by atoms with Crippen LogP contribution in [-0.2, 0) is 11.8 Å². The average Bonchev–Trinajstić information content (AvgIpc) is 2.42. The minimum absolute atomic E-state index is 0.427. The van der Waals surface area contributed by atoms with Gasteiger partial charge in [-0.1, -0.05) is 18.9 Å². The van der Waals surface area contributed by atoms with Gasteiger partial charge in [0.1, 0.15) is 5.75 Å². The zero-order valence-electron chi connectivity index (χ0n) is 11.7. The van der Waals surface area contributed by atoms with Gasteiger partial charge in [0.25, 0.3) is 0 Å². The van der Waals surface area contributed by atoms with E-state index in [1.807, 2.05) is 12.1 Å². The number of phenolic OH excluding ortho intramolecular Hbond substituents is 1. The number of likely N-dealkylation sites (tertiary alicyclic amines) is 1. The molecule has 1 saturated carbocycles. The second-order valence-electron chi connectivity index (χ2n) is 6.85. The number of piperidine rings is 1. The fourth-order valence-electron chi connectivity index (χ4n) is 5.21. The van der Waals surface area contributed by atoms with Crippen LogP contribution in [0.3, 0.4) is 0 Å². The Morgan fingerprint density at radius 1 is 1.26 bits per heavy atom. The molecule has 19 heavy (non-hydrogen) atoms. The van der Waals surface area contributed by atoms with Gasteiger partial charge in [-0.05, 0) is 68.5 Å². The first-order valence-electron chi connectivity index (χ1n) is 7.73. The molecule has 0 amide bonds. The predicted molar refractivity (Wildman–Crippen MR) is 76.5 cm³/mol. The Morgan fingerprint density at radius 2 is 2.16 bits per heavy atom. The highest BCUT2D eigenvalue weighted by Crippen LogP contribution is 2.55. The van der Waals surface area contributed by atoms with Crippen molar-refractivity contribution in [1.29, 1.82) is 0 Å². The summed E-state index contributed by atoms with van der Waals surface area (Å²) in [5.74, 6) is 1.28. The monoisotopic (exact) mass is 257 g/mol. The van der Waals surface area contributed by atoms with E-state index in [1.54, 1.807) is 5.56 Å². The molecule has 1 aromatic carbocycles. The first-order chi connectivity index (χ1) is 9.21. The fraction of sp³-hybridized carbons (Fsp3) is 0.647. The number of aromatic hydroxyl groups is 1. The number of nitrogens with zero attached hydrogens (tertiary/aromatic N) is 1. The second-order valence-corrected chi connectivity index (χ2v) is 6.85. The van der Waals surface area contributed by atoms with Crippen LogP contribution in [0.5, 0.6) is 5.75 Å². The lowest BCUT2D eigenvalue weighted by atomic mass is 9.52. The number of fused-ring (bicyclic) bond motifs is 1. The third-order valence-corrected chi connectivity index (χ3v) is 6.09. The Balaban J connectivity index is 1.90. The quantitative estimate of drug-likeness (QED) is 0.772. The van der Waals surface area contributed by atoms with Gasteiger partial charge in [0.05, 0.1) is 0 Å². The molecule has 2 aliphatic carbocycles. The molecule has 0 unspecified atom stereocenters. The van der Waals surface area contributed by atoms with E-state index < -0.39 is 0 Å². The molecule has 102 valence electrons. The van der Waals surface area contributed by atoms with Crippen molar-refractivity contribution in [3.05, 3.63) is 29.3 Å². The van der Waals surface area contributed by atoms with Crippen LogP contribution in [0.4, 0.5) is 0 Å². The van der Waals surface area contributed by atoms with Crippen molar-refractivity contribution >= 4 is 0 Å². The summed E-state index contributed by atoms with van der Waals surface area (Å²) in [5, 5.41) is 9.80. The Hall–Kier alpha value is -1.02. The molecule has 1 N–H and O–H groups in total. The average molecular weight is 257 g/mol. The predicted octanol–water partition coefficient (Wildman–Crippen LogP) is 3.08. The Morgan fingerprint density at radius 3 is 3.05 bits per heavy atom. The lowest BCUT2D eigenvalue weighted by Crippen LogP contribution is -2.59. The minimum Gasteiger partial charge on any atom is -0.508 e. The van der Waals surface area contributed by atoms with Crippen molar-refractivity contribution in [2.75, 3.05) is 13.6 Å². The number of phenols is 1. The number of likely N-dealkylation sites (N-methyl/N-ethyl adjacent to an activating group) is 1. The molecule has 1 heterocycles. The summed E-state index contributed by atoms with van der Waals surface area (Å²) >= 11 is 0. The number of benzene rings is 1.